The Hall–Kier alpha value is 0.0500. The Kier molecular flexibility index (Phi) is 4.86. The average molecular weight is 197 g/mol. The molecular weight excluding hydrogens is 185 g/mol. The van der Waals surface area contributed by atoms with E-state index in [1.165, 1.54) is 0 Å². The third-order valence-electron chi connectivity index (χ3n) is 1.43. The monoisotopic (exact) mass is 196 g/mol. The topological polar surface area (TPSA) is 40.9 Å². The molecule has 0 spiro atoms. The maximum Gasteiger partial charge on any atom is 0.274 e. The quantitative estimate of drug-likeness (QED) is 0.493. The van der Waals surface area contributed by atoms with Crippen molar-refractivity contribution in [3.05, 3.63) is 0 Å². The Balaban J connectivity index is 3.64. The fraction of sp³-hybridized carbons (Fsp3) is 0.857. The van der Waals surface area contributed by atoms with E-state index in [4.69, 9.17) is 28.9 Å². The number of amides is 1. The van der Waals surface area contributed by atoms with E-state index in [0.717, 1.165) is 19.3 Å². The van der Waals surface area contributed by atoms with Crippen LogP contribution >= 0.6 is 23.2 Å². The maximum absolute atomic E-state index is 10.5. The molecule has 0 saturated heterocycles. The van der Waals surface area contributed by atoms with Gasteiger partial charge in [0, 0.05) is 0 Å². The van der Waals surface area contributed by atoms with Gasteiger partial charge in [-0.2, -0.15) is 0 Å². The second-order valence-corrected chi connectivity index (χ2v) is 3.97. The highest BCUT2D eigenvalue weighted by Crippen LogP contribution is 2.27. The van der Waals surface area contributed by atoms with Crippen molar-refractivity contribution in [3.8, 4) is 0 Å². The van der Waals surface area contributed by atoms with Crippen molar-refractivity contribution < 1.29 is 4.79 Å². The van der Waals surface area contributed by atoms with Crippen LogP contribution < -0.4 is 5.73 Å². The van der Waals surface area contributed by atoms with E-state index < -0.39 is 10.2 Å². The molecule has 0 fully saturated rings. The molecule has 1 amide bonds. The summed E-state index contributed by atoms with van der Waals surface area (Å²) in [7, 11) is 0. The van der Waals surface area contributed by atoms with Gasteiger partial charge in [0.05, 0.1) is 0 Å². The van der Waals surface area contributed by atoms with Gasteiger partial charge in [-0.05, 0) is 12.8 Å². The fourth-order valence-electron chi connectivity index (χ4n) is 0.711. The summed E-state index contributed by atoms with van der Waals surface area (Å²) < 4.78 is -1.48. The first-order chi connectivity index (χ1) is 5.00. The molecule has 1 radical (unpaired) electrons. The van der Waals surface area contributed by atoms with Crippen molar-refractivity contribution in [2.45, 2.75) is 36.9 Å². The number of carbonyl (C=O) groups excluding carboxylic acids is 1. The Morgan fingerprint density at radius 2 is 2.00 bits per heavy atom. The van der Waals surface area contributed by atoms with Crippen LogP contribution in [-0.4, -0.2) is 10.2 Å². The SMILES string of the molecule is CCCCCC(Cl)(Cl)C([NH])=O. The smallest absolute Gasteiger partial charge is 0.270 e. The van der Waals surface area contributed by atoms with Crippen LogP contribution in [0.2, 0.25) is 0 Å². The van der Waals surface area contributed by atoms with Gasteiger partial charge in [-0.15, -0.1) is 0 Å². The van der Waals surface area contributed by atoms with Crippen LogP contribution in [0.25, 0.3) is 0 Å². The fourth-order valence-corrected chi connectivity index (χ4v) is 0.978. The van der Waals surface area contributed by atoms with Crippen molar-refractivity contribution in [3.63, 3.8) is 0 Å². The van der Waals surface area contributed by atoms with Gasteiger partial charge in [-0.3, -0.25) is 10.5 Å². The molecule has 0 unspecified atom stereocenters. The summed E-state index contributed by atoms with van der Waals surface area (Å²) in [5.74, 6) is -0.906. The Labute approximate surface area is 77.0 Å². The lowest BCUT2D eigenvalue weighted by Gasteiger charge is -2.13. The lowest BCUT2D eigenvalue weighted by atomic mass is 10.1. The zero-order valence-electron chi connectivity index (χ0n) is 6.49. The van der Waals surface area contributed by atoms with Crippen LogP contribution in [0.1, 0.15) is 32.6 Å². The first kappa shape index (κ1) is 11.1. The number of hydrogen-bond donors (Lipinski definition) is 0. The molecule has 0 aromatic carbocycles. The molecule has 4 heteroatoms. The lowest BCUT2D eigenvalue weighted by molar-refractivity contribution is -0.119. The molecule has 0 atom stereocenters. The number of alkyl halides is 2. The summed E-state index contributed by atoms with van der Waals surface area (Å²) in [5.41, 5.74) is 6.71. The summed E-state index contributed by atoms with van der Waals surface area (Å²) in [6, 6.07) is 0. The molecule has 11 heavy (non-hydrogen) atoms. The highest BCUT2D eigenvalue weighted by molar-refractivity contribution is 6.57. The molecule has 0 aliphatic rings. The molecule has 2 nitrogen and oxygen atoms in total. The summed E-state index contributed by atoms with van der Waals surface area (Å²) in [6.07, 6.45) is 3.23. The van der Waals surface area contributed by atoms with Crippen molar-refractivity contribution in [1.29, 1.82) is 0 Å². The second kappa shape index (κ2) is 4.83. The van der Waals surface area contributed by atoms with Crippen molar-refractivity contribution in [2.24, 2.45) is 0 Å². The molecule has 0 saturated carbocycles. The molecule has 1 N–H and O–H groups in total. The maximum atomic E-state index is 10.5. The molecular formula is C7H12Cl2NO. The summed E-state index contributed by atoms with van der Waals surface area (Å²) in [5, 5.41) is 0. The molecule has 0 rings (SSSR count). The molecule has 0 heterocycles. The highest BCUT2D eigenvalue weighted by atomic mass is 35.5. The van der Waals surface area contributed by atoms with Gasteiger partial charge in [0.2, 0.25) is 0 Å². The minimum absolute atomic E-state index is 0.381. The second-order valence-electron chi connectivity index (χ2n) is 2.49. The molecule has 0 aliphatic heterocycles. The largest absolute Gasteiger partial charge is 0.274 e. The van der Waals surface area contributed by atoms with Gasteiger partial charge in [0.1, 0.15) is 0 Å². The van der Waals surface area contributed by atoms with E-state index >= 15 is 0 Å². The number of hydrogen-bond acceptors (Lipinski definition) is 1. The summed E-state index contributed by atoms with van der Waals surface area (Å²) in [6.45, 7) is 2.05. The van der Waals surface area contributed by atoms with Crippen LogP contribution in [0.4, 0.5) is 0 Å². The standard InChI is InChI=1S/C7H12Cl2NO/c1-2-3-4-5-7(8,9)6(10)11/h10H,2-5H2,1H3. The van der Waals surface area contributed by atoms with Crippen molar-refractivity contribution >= 4 is 29.1 Å². The predicted octanol–water partition coefficient (Wildman–Crippen LogP) is 2.55. The minimum Gasteiger partial charge on any atom is -0.270 e. The van der Waals surface area contributed by atoms with E-state index in [1.807, 2.05) is 6.92 Å². The van der Waals surface area contributed by atoms with Gasteiger partial charge in [0.25, 0.3) is 5.91 Å². The number of halogens is 2. The minimum atomic E-state index is -1.48. The first-order valence-electron chi connectivity index (χ1n) is 3.64. The number of carbonyl (C=O) groups is 1. The number of rotatable bonds is 5. The molecule has 65 valence electrons. The average Bonchev–Trinajstić information content (AvgIpc) is 1.88. The Morgan fingerprint density at radius 3 is 2.36 bits per heavy atom. The molecule has 0 bridgehead atoms. The van der Waals surface area contributed by atoms with Gasteiger partial charge < -0.3 is 0 Å². The first-order valence-corrected chi connectivity index (χ1v) is 4.40. The van der Waals surface area contributed by atoms with Crippen molar-refractivity contribution in [2.75, 3.05) is 0 Å². The zero-order chi connectivity index (χ0) is 8.91. The number of unbranched alkanes of at least 4 members (excludes halogenated alkanes) is 2. The predicted molar refractivity (Wildman–Crippen MR) is 46.7 cm³/mol. The summed E-state index contributed by atoms with van der Waals surface area (Å²) in [4.78, 5) is 10.5. The van der Waals surface area contributed by atoms with Gasteiger partial charge in [-0.1, -0.05) is 43.0 Å². The van der Waals surface area contributed by atoms with Crippen LogP contribution in [0.3, 0.4) is 0 Å². The lowest BCUT2D eigenvalue weighted by Crippen LogP contribution is -2.26. The Morgan fingerprint density at radius 1 is 1.45 bits per heavy atom. The van der Waals surface area contributed by atoms with E-state index in [-0.39, 0.29) is 0 Å². The van der Waals surface area contributed by atoms with E-state index in [9.17, 15) is 4.79 Å². The van der Waals surface area contributed by atoms with Crippen LogP contribution in [-0.2, 0) is 4.79 Å². The van der Waals surface area contributed by atoms with Crippen LogP contribution in [0.15, 0.2) is 0 Å². The Bertz CT molecular complexity index is 136. The van der Waals surface area contributed by atoms with Gasteiger partial charge in [-0.25, -0.2) is 0 Å². The van der Waals surface area contributed by atoms with E-state index in [0.29, 0.717) is 6.42 Å². The normalized spacial score (nSPS) is 11.5. The van der Waals surface area contributed by atoms with E-state index in [1.54, 1.807) is 0 Å². The van der Waals surface area contributed by atoms with Crippen LogP contribution in [0, 0.1) is 0 Å². The molecule has 0 aliphatic carbocycles. The zero-order valence-corrected chi connectivity index (χ0v) is 8.00. The third-order valence-corrected chi connectivity index (χ3v) is 2.15. The third kappa shape index (κ3) is 4.49. The molecule has 0 aromatic rings. The van der Waals surface area contributed by atoms with Crippen molar-refractivity contribution in [1.82, 2.24) is 5.73 Å². The van der Waals surface area contributed by atoms with Gasteiger partial charge >= 0.3 is 0 Å². The summed E-state index contributed by atoms with van der Waals surface area (Å²) >= 11 is 11.1. The van der Waals surface area contributed by atoms with Crippen LogP contribution in [0.5, 0.6) is 0 Å². The highest BCUT2D eigenvalue weighted by Gasteiger charge is 2.30. The van der Waals surface area contributed by atoms with Gasteiger partial charge in [0.15, 0.2) is 4.33 Å². The molecule has 0 aromatic heterocycles. The number of nitrogens with one attached hydrogen (secondary N) is 1. The van der Waals surface area contributed by atoms with E-state index in [2.05, 4.69) is 0 Å².